The van der Waals surface area contributed by atoms with Crippen LogP contribution in [0, 0.1) is 17.8 Å². The van der Waals surface area contributed by atoms with Gasteiger partial charge in [-0.25, -0.2) is 4.98 Å². The topological polar surface area (TPSA) is 144 Å². The lowest BCUT2D eigenvalue weighted by molar-refractivity contribution is -0.157. The number of fused-ring (bicyclic) bond motifs is 2. The predicted molar refractivity (Wildman–Crippen MR) is 281 cm³/mol. The number of nitrogens with one attached hydrogen (secondary N) is 2. The molecule has 1 unspecified atom stereocenters. The third kappa shape index (κ3) is 10.2. The van der Waals surface area contributed by atoms with Gasteiger partial charge in [-0.2, -0.15) is 0 Å². The zero-order chi connectivity index (χ0) is 49.3. The molecule has 13 nitrogen and oxygen atoms in total. The number of thiazole rings is 1. The Morgan fingerprint density at radius 1 is 0.722 bits per heavy atom. The van der Waals surface area contributed by atoms with E-state index in [0.29, 0.717) is 86.1 Å². The highest BCUT2D eigenvalue weighted by Crippen LogP contribution is 2.43. The number of piperidine rings is 5. The van der Waals surface area contributed by atoms with Crippen LogP contribution in [0.1, 0.15) is 100 Å². The van der Waals surface area contributed by atoms with Crippen LogP contribution in [0.5, 0.6) is 5.75 Å². The van der Waals surface area contributed by atoms with E-state index in [1.165, 1.54) is 36.3 Å². The molecule has 5 saturated heterocycles. The van der Waals surface area contributed by atoms with E-state index in [2.05, 4.69) is 32.6 Å². The Morgan fingerprint density at radius 3 is 2.19 bits per heavy atom. The molecule has 4 aromatic carbocycles. The van der Waals surface area contributed by atoms with Crippen molar-refractivity contribution in [2.75, 3.05) is 69.1 Å². The molecule has 5 aromatic rings. The van der Waals surface area contributed by atoms with Gasteiger partial charge in [0, 0.05) is 82.9 Å². The average Bonchev–Trinajstić information content (AvgIpc) is 3.85. The van der Waals surface area contributed by atoms with E-state index in [-0.39, 0.29) is 41.9 Å². The average molecular weight is 1010 g/mol. The lowest BCUT2D eigenvalue weighted by atomic mass is 9.81. The summed E-state index contributed by atoms with van der Waals surface area (Å²) < 4.78 is 8.00. The minimum atomic E-state index is -1.19. The first-order valence-electron chi connectivity index (χ1n) is 26.3. The van der Waals surface area contributed by atoms with E-state index < -0.39 is 11.5 Å². The van der Waals surface area contributed by atoms with Crippen LogP contribution in [0.3, 0.4) is 0 Å². The molecule has 5 fully saturated rings. The summed E-state index contributed by atoms with van der Waals surface area (Å²) in [5.41, 5.74) is 4.08. The molecule has 5 amide bonds. The summed E-state index contributed by atoms with van der Waals surface area (Å²) in [6.07, 6.45) is 9.59. The van der Waals surface area contributed by atoms with E-state index >= 15 is 4.79 Å². The zero-order valence-corrected chi connectivity index (χ0v) is 42.4. The van der Waals surface area contributed by atoms with Crippen LogP contribution in [-0.2, 0) is 24.0 Å². The number of ether oxygens (including phenoxy) is 1. The maximum atomic E-state index is 15.2. The molecule has 6 aliphatic heterocycles. The summed E-state index contributed by atoms with van der Waals surface area (Å²) in [5, 5.41) is 6.83. The SMILES string of the molecule is O=C1CCC(c2cccc(N3CCC(CN4CCC(CC5CCN(C(=O)C6(Oc7ccccc7-c7nc8cccc(Cl)c8s7)CCN(C(=O)[C@H]7CC(=O)Nc8ccccc87)CC6)CC5)CC4)CC3)c2)C(=O)N1. The number of carbonyl (C=O) groups is 5. The van der Waals surface area contributed by atoms with E-state index in [1.807, 2.05) is 88.7 Å². The van der Waals surface area contributed by atoms with Crippen molar-refractivity contribution in [1.82, 2.24) is 25.0 Å². The van der Waals surface area contributed by atoms with Crippen molar-refractivity contribution < 1.29 is 28.7 Å². The number of imide groups is 1. The van der Waals surface area contributed by atoms with Gasteiger partial charge in [0.1, 0.15) is 10.8 Å². The van der Waals surface area contributed by atoms with Crippen molar-refractivity contribution in [2.45, 2.75) is 94.5 Å². The van der Waals surface area contributed by atoms with E-state index in [4.69, 9.17) is 21.3 Å². The number of benzene rings is 4. The maximum Gasteiger partial charge on any atom is 0.266 e. The molecule has 0 bridgehead atoms. The molecular weight excluding hydrogens is 946 g/mol. The number of amides is 5. The molecule has 0 aliphatic carbocycles. The molecule has 7 heterocycles. The fourth-order valence-corrected chi connectivity index (χ4v) is 13.8. The van der Waals surface area contributed by atoms with Gasteiger partial charge in [-0.1, -0.05) is 60.1 Å². The lowest BCUT2D eigenvalue weighted by Gasteiger charge is -2.45. The number of rotatable bonds is 11. The standard InChI is InChI=1S/C57H64ClN7O6S/c58-46-11-6-13-48-52(46)72-54(60-48)44-10-2-4-14-49(44)71-57(23-31-64(32-24-57)55(69)45-35-51(67)59-47-12-3-1-9-43(45)47)56(70)65-29-19-38(20-30-65)33-37-17-25-62(26-18-37)36-39-21-27-63(28-22-39)41-8-5-7-40(34-41)42-15-16-50(66)61-53(42)68/h1-14,34,37-39,42,45H,15-33,35-36H2,(H,59,67)(H,61,66,68)/t42?,45-/m0/s1. The monoisotopic (exact) mass is 1010 g/mol. The Labute approximate surface area is 430 Å². The number of nitrogens with zero attached hydrogens (tertiary/aromatic N) is 5. The molecule has 376 valence electrons. The van der Waals surface area contributed by atoms with Crippen molar-refractivity contribution in [3.63, 3.8) is 0 Å². The first-order valence-corrected chi connectivity index (χ1v) is 27.5. The molecule has 0 spiro atoms. The molecular formula is C57H64ClN7O6S. The number of anilines is 2. The summed E-state index contributed by atoms with van der Waals surface area (Å²) in [7, 11) is 0. The smallest absolute Gasteiger partial charge is 0.266 e. The summed E-state index contributed by atoms with van der Waals surface area (Å²) in [4.78, 5) is 80.4. The first-order chi connectivity index (χ1) is 35.1. The van der Waals surface area contributed by atoms with Gasteiger partial charge < -0.3 is 29.7 Å². The Balaban J connectivity index is 0.698. The van der Waals surface area contributed by atoms with E-state index in [0.717, 1.165) is 90.3 Å². The Kier molecular flexibility index (Phi) is 14.1. The normalized spacial score (nSPS) is 22.6. The predicted octanol–water partition coefficient (Wildman–Crippen LogP) is 9.26. The zero-order valence-electron chi connectivity index (χ0n) is 40.9. The second kappa shape index (κ2) is 21.0. The van der Waals surface area contributed by atoms with Crippen LogP contribution >= 0.6 is 22.9 Å². The van der Waals surface area contributed by atoms with Gasteiger partial charge in [-0.05, 0) is 136 Å². The van der Waals surface area contributed by atoms with Crippen molar-refractivity contribution in [1.29, 1.82) is 0 Å². The van der Waals surface area contributed by atoms with Gasteiger partial charge in [-0.15, -0.1) is 11.3 Å². The summed E-state index contributed by atoms with van der Waals surface area (Å²) >= 11 is 8.10. The number of likely N-dealkylation sites (tertiary alicyclic amines) is 3. The molecule has 0 radical (unpaired) electrons. The molecule has 2 N–H and O–H groups in total. The number of carbonyl (C=O) groups excluding carboxylic acids is 5. The van der Waals surface area contributed by atoms with Crippen LogP contribution in [0.4, 0.5) is 11.4 Å². The molecule has 2 atom stereocenters. The quantitative estimate of drug-likeness (QED) is 0.124. The van der Waals surface area contributed by atoms with Gasteiger partial charge in [0.15, 0.2) is 5.60 Å². The lowest BCUT2D eigenvalue weighted by Crippen LogP contribution is -2.60. The second-order valence-corrected chi connectivity index (χ2v) is 22.6. The highest BCUT2D eigenvalue weighted by atomic mass is 35.5. The van der Waals surface area contributed by atoms with Crippen molar-refractivity contribution in [3.8, 4) is 16.3 Å². The van der Waals surface area contributed by atoms with Crippen LogP contribution in [0.15, 0.2) is 91.0 Å². The van der Waals surface area contributed by atoms with Gasteiger partial charge in [0.05, 0.1) is 32.6 Å². The second-order valence-electron chi connectivity index (χ2n) is 21.2. The fraction of sp³-hybridized carbons (Fsp3) is 0.474. The summed E-state index contributed by atoms with van der Waals surface area (Å²) in [6.45, 7) is 7.49. The van der Waals surface area contributed by atoms with Gasteiger partial charge in [0.25, 0.3) is 5.91 Å². The van der Waals surface area contributed by atoms with E-state index in [1.54, 1.807) is 0 Å². The van der Waals surface area contributed by atoms with Crippen LogP contribution in [-0.4, -0.2) is 114 Å². The molecule has 6 aliphatic rings. The largest absolute Gasteiger partial charge is 0.477 e. The Morgan fingerprint density at radius 2 is 1.43 bits per heavy atom. The molecule has 1 aromatic heterocycles. The summed E-state index contributed by atoms with van der Waals surface area (Å²) in [5.74, 6) is 1.04. The van der Waals surface area contributed by atoms with Crippen molar-refractivity contribution in [3.05, 3.63) is 107 Å². The van der Waals surface area contributed by atoms with Gasteiger partial charge in [0.2, 0.25) is 23.6 Å². The number of para-hydroxylation sites is 2. The molecule has 0 saturated carbocycles. The van der Waals surface area contributed by atoms with Crippen molar-refractivity contribution >= 4 is 74.1 Å². The van der Waals surface area contributed by atoms with Gasteiger partial charge >= 0.3 is 0 Å². The summed E-state index contributed by atoms with van der Waals surface area (Å²) in [6, 6.07) is 29.4. The third-order valence-electron chi connectivity index (χ3n) is 16.6. The molecule has 72 heavy (non-hydrogen) atoms. The number of halogens is 1. The third-order valence-corrected chi connectivity index (χ3v) is 18.2. The van der Waals surface area contributed by atoms with Gasteiger partial charge in [-0.3, -0.25) is 29.3 Å². The number of hydrogen-bond acceptors (Lipinski definition) is 10. The maximum absolute atomic E-state index is 15.2. The highest BCUT2D eigenvalue weighted by Gasteiger charge is 2.49. The fourth-order valence-electron chi connectivity index (χ4n) is 12.5. The molecule has 11 rings (SSSR count). The number of aromatic nitrogens is 1. The van der Waals surface area contributed by atoms with Crippen molar-refractivity contribution in [2.24, 2.45) is 17.8 Å². The first kappa shape index (κ1) is 48.4. The number of hydrogen-bond donors (Lipinski definition) is 2. The minimum absolute atomic E-state index is 0.0162. The van der Waals surface area contributed by atoms with Crippen LogP contribution in [0.25, 0.3) is 20.8 Å². The van der Waals surface area contributed by atoms with E-state index in [9.17, 15) is 19.2 Å². The van der Waals surface area contributed by atoms with Crippen LogP contribution in [0.2, 0.25) is 5.02 Å². The minimum Gasteiger partial charge on any atom is -0.477 e. The highest BCUT2D eigenvalue weighted by molar-refractivity contribution is 7.22. The van der Waals surface area contributed by atoms with Crippen LogP contribution < -0.4 is 20.3 Å². The Hall–Kier alpha value is -5.83. The Bertz CT molecular complexity index is 2840. The molecule has 15 heteroatoms.